The summed E-state index contributed by atoms with van der Waals surface area (Å²) in [6.07, 6.45) is 8.90. The molecule has 21 heavy (non-hydrogen) atoms. The Hall–Kier alpha value is -1.13. The molecule has 0 spiro atoms. The average molecular weight is 296 g/mol. The Kier molecular flexibility index (Phi) is 6.17. The highest BCUT2D eigenvalue weighted by atomic mass is 16.5. The second kappa shape index (κ2) is 7.23. The third kappa shape index (κ3) is 6.44. The third-order valence-electron chi connectivity index (χ3n) is 4.05. The number of carbonyl (C=O) groups is 1. The summed E-state index contributed by atoms with van der Waals surface area (Å²) >= 11 is 0. The van der Waals surface area contributed by atoms with Crippen molar-refractivity contribution in [3.05, 3.63) is 23.8 Å². The van der Waals surface area contributed by atoms with Crippen molar-refractivity contribution in [2.24, 2.45) is 5.92 Å². The molecule has 0 aromatic heterocycles. The number of allylic oxidation sites excluding steroid dienone is 2. The van der Waals surface area contributed by atoms with Crippen molar-refractivity contribution >= 4 is 5.97 Å². The molecular formula is C17H28O4. The van der Waals surface area contributed by atoms with Gasteiger partial charge in [0.05, 0.1) is 5.60 Å². The topological polar surface area (TPSA) is 66.8 Å². The fourth-order valence-electron chi connectivity index (χ4n) is 2.47. The van der Waals surface area contributed by atoms with Gasteiger partial charge in [-0.3, -0.25) is 4.79 Å². The molecule has 0 amide bonds. The molecule has 3 atom stereocenters. The molecule has 0 radical (unpaired) electrons. The molecule has 0 aliphatic heterocycles. The van der Waals surface area contributed by atoms with E-state index < -0.39 is 17.2 Å². The van der Waals surface area contributed by atoms with Gasteiger partial charge in [-0.2, -0.15) is 0 Å². The fourth-order valence-corrected chi connectivity index (χ4v) is 2.47. The lowest BCUT2D eigenvalue weighted by Crippen LogP contribution is -2.39. The number of ether oxygens (including phenoxy) is 1. The molecule has 0 aromatic rings. The second-order valence-corrected chi connectivity index (χ2v) is 6.59. The van der Waals surface area contributed by atoms with Gasteiger partial charge >= 0.3 is 5.97 Å². The number of rotatable bonds is 3. The number of hydrogen-bond donors (Lipinski definition) is 2. The maximum absolute atomic E-state index is 11.0. The van der Waals surface area contributed by atoms with Crippen LogP contribution in [0.1, 0.15) is 53.4 Å². The van der Waals surface area contributed by atoms with Crippen molar-refractivity contribution in [1.82, 2.24) is 0 Å². The van der Waals surface area contributed by atoms with Gasteiger partial charge in [-0.1, -0.05) is 23.8 Å². The summed E-state index contributed by atoms with van der Waals surface area (Å²) in [5.41, 5.74) is -0.767. The molecule has 2 N–H and O–H groups in total. The van der Waals surface area contributed by atoms with E-state index in [0.29, 0.717) is 6.42 Å². The predicted molar refractivity (Wildman–Crippen MR) is 82.7 cm³/mol. The highest BCUT2D eigenvalue weighted by molar-refractivity contribution is 5.65. The summed E-state index contributed by atoms with van der Waals surface area (Å²) in [6, 6.07) is 0. The van der Waals surface area contributed by atoms with E-state index in [-0.39, 0.29) is 12.5 Å². The van der Waals surface area contributed by atoms with Gasteiger partial charge in [-0.15, -0.1) is 0 Å². The van der Waals surface area contributed by atoms with Crippen LogP contribution in [0.25, 0.3) is 0 Å². The van der Waals surface area contributed by atoms with E-state index in [2.05, 4.69) is 13.0 Å². The summed E-state index contributed by atoms with van der Waals surface area (Å²) in [4.78, 5) is 11.0. The summed E-state index contributed by atoms with van der Waals surface area (Å²) in [7, 11) is 0. The first-order valence-electron chi connectivity index (χ1n) is 7.55. The minimum atomic E-state index is -1.14. The van der Waals surface area contributed by atoms with Crippen LogP contribution in [0.15, 0.2) is 23.8 Å². The Morgan fingerprint density at radius 2 is 2.24 bits per heavy atom. The van der Waals surface area contributed by atoms with Crippen LogP contribution in [-0.4, -0.2) is 34.0 Å². The number of carbonyl (C=O) groups excluding carboxylic acids is 1. The smallest absolute Gasteiger partial charge is 0.302 e. The second-order valence-electron chi connectivity index (χ2n) is 6.59. The lowest BCUT2D eigenvalue weighted by Gasteiger charge is -2.32. The van der Waals surface area contributed by atoms with Gasteiger partial charge in [0.2, 0.25) is 0 Å². The lowest BCUT2D eigenvalue weighted by atomic mass is 9.82. The van der Waals surface area contributed by atoms with E-state index in [0.717, 1.165) is 19.3 Å². The molecule has 4 heteroatoms. The van der Waals surface area contributed by atoms with Crippen molar-refractivity contribution in [3.8, 4) is 0 Å². The Bertz CT molecular complexity index is 419. The molecule has 1 aliphatic rings. The van der Waals surface area contributed by atoms with Crippen molar-refractivity contribution in [1.29, 1.82) is 0 Å². The summed E-state index contributed by atoms with van der Waals surface area (Å²) < 4.78 is 4.97. The molecule has 0 bridgehead atoms. The van der Waals surface area contributed by atoms with Crippen molar-refractivity contribution < 1.29 is 19.7 Å². The number of hydrogen-bond acceptors (Lipinski definition) is 4. The van der Waals surface area contributed by atoms with Gasteiger partial charge in [0.1, 0.15) is 12.2 Å². The van der Waals surface area contributed by atoms with E-state index in [4.69, 9.17) is 4.74 Å². The maximum Gasteiger partial charge on any atom is 0.302 e. The van der Waals surface area contributed by atoms with Gasteiger partial charge in [-0.25, -0.2) is 0 Å². The molecule has 1 aliphatic carbocycles. The summed E-state index contributed by atoms with van der Waals surface area (Å²) in [5, 5.41) is 20.9. The van der Waals surface area contributed by atoms with Crippen LogP contribution in [0.4, 0.5) is 0 Å². The lowest BCUT2D eigenvalue weighted by molar-refractivity contribution is -0.150. The first-order valence-corrected chi connectivity index (χ1v) is 7.55. The number of aliphatic hydroxyl groups is 2. The number of esters is 1. The Labute approximate surface area is 127 Å². The van der Waals surface area contributed by atoms with Crippen LogP contribution in [-0.2, 0) is 9.53 Å². The normalized spacial score (nSPS) is 34.2. The van der Waals surface area contributed by atoms with E-state index in [1.807, 2.05) is 6.08 Å². The van der Waals surface area contributed by atoms with Gasteiger partial charge in [0.25, 0.3) is 0 Å². The van der Waals surface area contributed by atoms with Crippen molar-refractivity contribution in [2.75, 3.05) is 6.61 Å². The van der Waals surface area contributed by atoms with Crippen molar-refractivity contribution in [2.45, 2.75) is 64.6 Å². The van der Waals surface area contributed by atoms with Gasteiger partial charge < -0.3 is 14.9 Å². The minimum Gasteiger partial charge on any atom is -0.463 e. The van der Waals surface area contributed by atoms with Crippen LogP contribution >= 0.6 is 0 Å². The highest BCUT2D eigenvalue weighted by Gasteiger charge is 2.32. The standard InChI is InChI=1S/C17H28O4/c1-13-6-5-10-16(3,19)11-9-15(8-7-13)17(4,20)12-21-14(2)18/h6,9,11,15,19-20H,5,7-8,10,12H2,1-4H3/b11-9+,13-6+/t15-,16-,17?/m1/s1. The molecule has 120 valence electrons. The minimum absolute atomic E-state index is 0.0394. The zero-order valence-electron chi connectivity index (χ0n) is 13.6. The molecule has 0 saturated heterocycles. The van der Waals surface area contributed by atoms with Crippen molar-refractivity contribution in [3.63, 3.8) is 0 Å². The maximum atomic E-state index is 11.0. The monoisotopic (exact) mass is 296 g/mol. The van der Waals surface area contributed by atoms with E-state index in [9.17, 15) is 15.0 Å². The Balaban J connectivity index is 2.89. The van der Waals surface area contributed by atoms with E-state index in [1.165, 1.54) is 12.5 Å². The van der Waals surface area contributed by atoms with E-state index in [1.54, 1.807) is 19.9 Å². The fraction of sp³-hybridized carbons (Fsp3) is 0.706. The quantitative estimate of drug-likeness (QED) is 0.621. The zero-order valence-corrected chi connectivity index (χ0v) is 13.6. The van der Waals surface area contributed by atoms with Crippen LogP contribution < -0.4 is 0 Å². The Morgan fingerprint density at radius 3 is 2.86 bits per heavy atom. The van der Waals surface area contributed by atoms with Crippen LogP contribution in [0.5, 0.6) is 0 Å². The van der Waals surface area contributed by atoms with Gasteiger partial charge in [-0.05, 0) is 46.5 Å². The zero-order chi connectivity index (χ0) is 16.1. The third-order valence-corrected chi connectivity index (χ3v) is 4.05. The van der Waals surface area contributed by atoms with Gasteiger partial charge in [0.15, 0.2) is 0 Å². The summed E-state index contributed by atoms with van der Waals surface area (Å²) in [5.74, 6) is -0.577. The molecule has 0 heterocycles. The first kappa shape index (κ1) is 17.9. The largest absolute Gasteiger partial charge is 0.463 e. The Morgan fingerprint density at radius 1 is 1.57 bits per heavy atom. The van der Waals surface area contributed by atoms with E-state index >= 15 is 0 Å². The molecule has 1 rings (SSSR count). The van der Waals surface area contributed by atoms with Crippen LogP contribution in [0.2, 0.25) is 0 Å². The molecule has 0 fully saturated rings. The molecule has 0 aromatic carbocycles. The SMILES string of the molecule is CC(=O)OCC(C)(O)[C@H]1/C=C/[C@](C)(O)CC/C=C(\C)CC1. The molecular weight excluding hydrogens is 268 g/mol. The molecule has 0 saturated carbocycles. The summed E-state index contributed by atoms with van der Waals surface area (Å²) in [6.45, 7) is 6.80. The molecule has 1 unspecified atom stereocenters. The van der Waals surface area contributed by atoms with Crippen LogP contribution in [0, 0.1) is 5.92 Å². The predicted octanol–water partition coefficient (Wildman–Crippen LogP) is 2.74. The average Bonchev–Trinajstić information content (AvgIpc) is 2.35. The van der Waals surface area contributed by atoms with Crippen LogP contribution in [0.3, 0.4) is 0 Å². The highest BCUT2D eigenvalue weighted by Crippen LogP contribution is 2.29. The van der Waals surface area contributed by atoms with Gasteiger partial charge in [0, 0.05) is 12.8 Å². The first-order chi connectivity index (χ1) is 9.62. The molecule has 4 nitrogen and oxygen atoms in total.